The number of hydroxylamine groups is 2. The van der Waals surface area contributed by atoms with E-state index in [0.717, 1.165) is 11.3 Å². The number of hydrogen-bond donors (Lipinski definition) is 0. The van der Waals surface area contributed by atoms with Gasteiger partial charge in [0.2, 0.25) is 4.34 Å². The molecule has 26 heavy (non-hydrogen) atoms. The van der Waals surface area contributed by atoms with E-state index in [9.17, 15) is 14.2 Å². The zero-order valence-electron chi connectivity index (χ0n) is 13.4. The number of hydrogen-bond acceptors (Lipinski definition) is 9. The number of nitrogens with zero attached hydrogens (tertiary/aromatic N) is 5. The molecular formula is C13H13BrClN5O4S2. The summed E-state index contributed by atoms with van der Waals surface area (Å²) in [6.45, 7) is 0.0786. The average Bonchev–Trinajstić information content (AvgIpc) is 3.21. The van der Waals surface area contributed by atoms with Gasteiger partial charge in [0.25, 0.3) is 6.23 Å². The molecule has 1 aliphatic heterocycles. The predicted octanol–water partition coefficient (Wildman–Crippen LogP) is 1.89. The van der Waals surface area contributed by atoms with E-state index in [1.165, 1.54) is 18.5 Å². The summed E-state index contributed by atoms with van der Waals surface area (Å²) in [7, 11) is -1.36. The number of aromatic nitrogens is 3. The molecule has 9 nitrogen and oxygen atoms in total. The first-order valence-corrected chi connectivity index (χ1v) is 10.9. The van der Waals surface area contributed by atoms with E-state index in [1.807, 2.05) is 0 Å². The van der Waals surface area contributed by atoms with Crippen LogP contribution in [-0.4, -0.2) is 62.0 Å². The fraction of sp³-hybridized carbons (Fsp3) is 0.385. The molecule has 140 valence electrons. The third-order valence-corrected chi connectivity index (χ3v) is 6.79. The number of carbonyl (C=O) groups is 1. The van der Waals surface area contributed by atoms with E-state index < -0.39 is 27.6 Å². The van der Waals surface area contributed by atoms with Crippen molar-refractivity contribution in [3.63, 3.8) is 0 Å². The Morgan fingerprint density at radius 3 is 3.00 bits per heavy atom. The van der Waals surface area contributed by atoms with Crippen molar-refractivity contribution in [2.24, 2.45) is 0 Å². The van der Waals surface area contributed by atoms with E-state index in [1.54, 1.807) is 11.0 Å². The van der Waals surface area contributed by atoms with Crippen molar-refractivity contribution in [3.05, 3.63) is 33.7 Å². The number of pyridine rings is 1. The highest BCUT2D eigenvalue weighted by Crippen LogP contribution is 2.35. The van der Waals surface area contributed by atoms with Gasteiger partial charge in [0.05, 0.1) is 23.3 Å². The first-order valence-electron chi connectivity index (χ1n) is 7.20. The molecule has 0 bridgehead atoms. The van der Waals surface area contributed by atoms with Gasteiger partial charge in [-0.25, -0.2) is 14.7 Å². The topological polar surface area (TPSA) is 108 Å². The second-order valence-electron chi connectivity index (χ2n) is 5.43. The Labute approximate surface area is 168 Å². The van der Waals surface area contributed by atoms with Gasteiger partial charge in [-0.05, 0) is 23.5 Å². The molecule has 3 heterocycles. The highest BCUT2D eigenvalue weighted by molar-refractivity contribution is 9.10. The molecule has 1 aliphatic rings. The van der Waals surface area contributed by atoms with E-state index in [-0.39, 0.29) is 34.4 Å². The number of carbonyl (C=O) groups excluding carboxylic acids is 1. The molecule has 0 aliphatic carbocycles. The van der Waals surface area contributed by atoms with Crippen LogP contribution in [0.15, 0.2) is 27.1 Å². The van der Waals surface area contributed by atoms with Crippen molar-refractivity contribution in [1.82, 2.24) is 24.7 Å². The maximum absolute atomic E-state index is 13.4. The van der Waals surface area contributed by atoms with Crippen LogP contribution in [0.5, 0.6) is 0 Å². The minimum Gasteiger partial charge on any atom is -0.622 e. The van der Waals surface area contributed by atoms with Crippen molar-refractivity contribution in [2.75, 3.05) is 25.5 Å². The molecule has 0 radical (unpaired) electrons. The lowest BCUT2D eigenvalue weighted by Crippen LogP contribution is -2.51. The minimum atomic E-state index is -1.36. The van der Waals surface area contributed by atoms with Crippen LogP contribution < -0.4 is 4.65 Å². The summed E-state index contributed by atoms with van der Waals surface area (Å²) in [4.78, 5) is 18.0. The van der Waals surface area contributed by atoms with Crippen molar-refractivity contribution in [1.29, 1.82) is 0 Å². The Balaban J connectivity index is 1.87. The Bertz CT molecular complexity index is 855. The summed E-state index contributed by atoms with van der Waals surface area (Å²) >= 11 is 10.0. The average molecular weight is 483 g/mol. The molecule has 0 N–H and O–H groups in total. The molecule has 2 aromatic heterocycles. The van der Waals surface area contributed by atoms with E-state index in [0.29, 0.717) is 4.47 Å². The molecule has 0 saturated carbocycles. The van der Waals surface area contributed by atoms with Crippen LogP contribution in [0.3, 0.4) is 0 Å². The van der Waals surface area contributed by atoms with Crippen LogP contribution in [0.25, 0.3) is 0 Å². The number of halogens is 2. The maximum Gasteiger partial charge on any atom is 0.361 e. The largest absolute Gasteiger partial charge is 0.622 e. The molecule has 0 aromatic carbocycles. The molecule has 13 heteroatoms. The first kappa shape index (κ1) is 19.7. The molecular weight excluding hydrogens is 470 g/mol. The van der Waals surface area contributed by atoms with E-state index >= 15 is 0 Å². The predicted molar refractivity (Wildman–Crippen MR) is 101 cm³/mol. The Kier molecular flexibility index (Phi) is 6.01. The number of quaternary nitrogens is 1. The van der Waals surface area contributed by atoms with Gasteiger partial charge in [0, 0.05) is 16.9 Å². The summed E-state index contributed by atoms with van der Waals surface area (Å²) in [5.74, 6) is -0.727. The van der Waals surface area contributed by atoms with Gasteiger partial charge in [0.1, 0.15) is 12.4 Å². The molecule has 2 aromatic rings. The van der Waals surface area contributed by atoms with E-state index in [4.69, 9.17) is 16.3 Å². The quantitative estimate of drug-likeness (QED) is 0.209. The third-order valence-electron chi connectivity index (χ3n) is 3.60. The number of alkyl halides is 1. The summed E-state index contributed by atoms with van der Waals surface area (Å²) in [6, 6.07) is 3.26. The molecule has 0 spiro atoms. The summed E-state index contributed by atoms with van der Waals surface area (Å²) in [5, 5.41) is 21.1. The van der Waals surface area contributed by atoms with Gasteiger partial charge >= 0.3 is 11.1 Å². The normalized spacial score (nSPS) is 24.5. The number of esters is 1. The van der Waals surface area contributed by atoms with Crippen LogP contribution in [0.4, 0.5) is 5.13 Å². The van der Waals surface area contributed by atoms with Gasteiger partial charge in [-0.1, -0.05) is 21.0 Å². The van der Waals surface area contributed by atoms with Crippen LogP contribution in [0, 0.1) is 5.21 Å². The smallest absolute Gasteiger partial charge is 0.361 e. The molecule has 1 saturated heterocycles. The SMILES string of the molecule is CS(=O)c1nnc([N+]2([O-])CN(CCl)CC2OC(=O)c2cc(Br)ccn2)s1. The van der Waals surface area contributed by atoms with Crippen molar-refractivity contribution < 1.29 is 13.7 Å². The molecule has 3 atom stereocenters. The summed E-state index contributed by atoms with van der Waals surface area (Å²) in [6.07, 6.45) is 1.81. The van der Waals surface area contributed by atoms with Gasteiger partial charge in [-0.2, -0.15) is 0 Å². The van der Waals surface area contributed by atoms with E-state index in [2.05, 4.69) is 31.1 Å². The number of rotatable bonds is 5. The second kappa shape index (κ2) is 7.92. The lowest BCUT2D eigenvalue weighted by molar-refractivity contribution is 0.00493. The maximum atomic E-state index is 13.4. The standard InChI is InChI=1S/C13H13BrClN5O4S2/c1-26(23)13-18-17-12(25-13)20(22)7-19(6-15)5-10(20)24-11(21)9-4-8(14)2-3-16-9/h2-4,10H,5-7H2,1H3. The highest BCUT2D eigenvalue weighted by atomic mass is 79.9. The third kappa shape index (κ3) is 3.96. The zero-order valence-corrected chi connectivity index (χ0v) is 17.3. The zero-order chi connectivity index (χ0) is 18.9. The summed E-state index contributed by atoms with van der Waals surface area (Å²) in [5.41, 5.74) is 0.0721. The second-order valence-corrected chi connectivity index (χ2v) is 9.10. The minimum absolute atomic E-state index is 0.0572. The van der Waals surface area contributed by atoms with Gasteiger partial charge in [-0.15, -0.1) is 16.7 Å². The monoisotopic (exact) mass is 481 g/mol. The molecule has 1 fully saturated rings. The fourth-order valence-corrected chi connectivity index (χ4v) is 4.37. The van der Waals surface area contributed by atoms with Crippen LogP contribution in [-0.2, 0) is 15.5 Å². The van der Waals surface area contributed by atoms with Crippen LogP contribution in [0.2, 0.25) is 0 Å². The molecule has 3 rings (SSSR count). The molecule has 0 amide bonds. The van der Waals surface area contributed by atoms with Crippen LogP contribution in [0.1, 0.15) is 10.5 Å². The van der Waals surface area contributed by atoms with Gasteiger partial charge in [-0.3, -0.25) is 8.86 Å². The Hall–Kier alpha value is -1.02. The van der Waals surface area contributed by atoms with Gasteiger partial charge in [0.15, 0.2) is 0 Å². The highest BCUT2D eigenvalue weighted by Gasteiger charge is 2.46. The van der Waals surface area contributed by atoms with Crippen LogP contribution >= 0.6 is 38.9 Å². The number of ether oxygens (including phenoxy) is 1. The van der Waals surface area contributed by atoms with Crippen molar-refractivity contribution >= 4 is 60.8 Å². The molecule has 3 unspecified atom stereocenters. The lowest BCUT2D eigenvalue weighted by Gasteiger charge is -2.38. The lowest BCUT2D eigenvalue weighted by atomic mass is 10.3. The summed E-state index contributed by atoms with van der Waals surface area (Å²) < 4.78 is 16.8. The fourth-order valence-electron chi connectivity index (χ4n) is 2.36. The van der Waals surface area contributed by atoms with Gasteiger partial charge < -0.3 is 9.94 Å². The Morgan fingerprint density at radius 1 is 1.62 bits per heavy atom. The Morgan fingerprint density at radius 2 is 2.38 bits per heavy atom. The first-order chi connectivity index (χ1) is 12.3. The van der Waals surface area contributed by atoms with Crippen molar-refractivity contribution in [2.45, 2.75) is 10.6 Å². The van der Waals surface area contributed by atoms with Crippen molar-refractivity contribution in [3.8, 4) is 0 Å².